The van der Waals surface area contributed by atoms with Crippen molar-refractivity contribution >= 4 is 5.91 Å². The molecule has 0 N–H and O–H groups in total. The fraction of sp³-hybridized carbons (Fsp3) is 0.917. The first-order chi connectivity index (χ1) is 6.36. The van der Waals surface area contributed by atoms with Gasteiger partial charge in [-0.1, -0.05) is 34.6 Å². The first-order valence-electron chi connectivity index (χ1n) is 5.67. The summed E-state index contributed by atoms with van der Waals surface area (Å²) in [6.45, 7) is 11.4. The Balaban J connectivity index is 2.72. The summed E-state index contributed by atoms with van der Waals surface area (Å²) in [7, 11) is 0. The van der Waals surface area contributed by atoms with E-state index >= 15 is 0 Å². The summed E-state index contributed by atoms with van der Waals surface area (Å²) in [5, 5.41) is 0. The topological polar surface area (TPSA) is 20.3 Å². The zero-order chi connectivity index (χ0) is 10.9. The molecule has 1 aliphatic rings. The summed E-state index contributed by atoms with van der Waals surface area (Å²) >= 11 is 0. The van der Waals surface area contributed by atoms with Crippen molar-refractivity contribution in [3.05, 3.63) is 0 Å². The minimum atomic E-state index is -0.225. The average molecular weight is 197 g/mol. The molecule has 1 heterocycles. The van der Waals surface area contributed by atoms with E-state index in [9.17, 15) is 4.79 Å². The molecule has 0 spiro atoms. The summed E-state index contributed by atoms with van der Waals surface area (Å²) in [5.74, 6) is 0.986. The molecule has 0 aromatic carbocycles. The molecule has 2 nitrogen and oxygen atoms in total. The highest BCUT2D eigenvalue weighted by Crippen LogP contribution is 2.29. The van der Waals surface area contributed by atoms with Gasteiger partial charge in [0.25, 0.3) is 0 Å². The zero-order valence-corrected chi connectivity index (χ0v) is 10.1. The molecule has 2 atom stereocenters. The van der Waals surface area contributed by atoms with Gasteiger partial charge in [0.2, 0.25) is 5.91 Å². The number of rotatable bonds is 1. The van der Waals surface area contributed by atoms with E-state index in [1.54, 1.807) is 0 Å². The molecule has 0 aliphatic carbocycles. The molecule has 0 bridgehead atoms. The summed E-state index contributed by atoms with van der Waals surface area (Å²) in [6.07, 6.45) is 2.27. The highest BCUT2D eigenvalue weighted by molar-refractivity contribution is 5.82. The highest BCUT2D eigenvalue weighted by atomic mass is 16.2. The van der Waals surface area contributed by atoms with Crippen LogP contribution in [0.5, 0.6) is 0 Å². The molecule has 2 heteroatoms. The van der Waals surface area contributed by atoms with Crippen molar-refractivity contribution in [1.82, 2.24) is 4.90 Å². The van der Waals surface area contributed by atoms with Crippen LogP contribution in [0, 0.1) is 11.3 Å². The quantitative estimate of drug-likeness (QED) is 0.633. The molecule has 1 rings (SSSR count). The van der Waals surface area contributed by atoms with Crippen molar-refractivity contribution in [2.45, 2.75) is 53.5 Å². The highest BCUT2D eigenvalue weighted by Gasteiger charge is 2.36. The zero-order valence-electron chi connectivity index (χ0n) is 10.1. The summed E-state index contributed by atoms with van der Waals surface area (Å²) < 4.78 is 0. The van der Waals surface area contributed by atoms with E-state index in [0.29, 0.717) is 17.9 Å². The third kappa shape index (κ3) is 2.28. The third-order valence-electron chi connectivity index (χ3n) is 3.00. The van der Waals surface area contributed by atoms with Gasteiger partial charge in [0.05, 0.1) is 0 Å². The first-order valence-corrected chi connectivity index (χ1v) is 5.67. The maximum Gasteiger partial charge on any atom is 0.228 e. The van der Waals surface area contributed by atoms with Crippen LogP contribution in [-0.2, 0) is 4.79 Å². The molecule has 0 radical (unpaired) electrons. The molecule has 0 aromatic heterocycles. The standard InChI is InChI=1S/C12H23NO/c1-6-10-7-9(2)8-13(10)11(14)12(3,4)5/h9-10H,6-8H2,1-5H3. The van der Waals surface area contributed by atoms with Crippen LogP contribution in [0.4, 0.5) is 0 Å². The molecule has 1 amide bonds. The van der Waals surface area contributed by atoms with Gasteiger partial charge >= 0.3 is 0 Å². The van der Waals surface area contributed by atoms with Crippen LogP contribution in [0.15, 0.2) is 0 Å². The maximum absolute atomic E-state index is 12.1. The van der Waals surface area contributed by atoms with Crippen molar-refractivity contribution in [3.63, 3.8) is 0 Å². The Bertz CT molecular complexity index is 217. The van der Waals surface area contributed by atoms with Gasteiger partial charge in [-0.15, -0.1) is 0 Å². The Hall–Kier alpha value is -0.530. The molecule has 82 valence electrons. The van der Waals surface area contributed by atoms with Crippen LogP contribution in [0.25, 0.3) is 0 Å². The lowest BCUT2D eigenvalue weighted by Gasteiger charge is -2.30. The Morgan fingerprint density at radius 1 is 1.43 bits per heavy atom. The smallest absolute Gasteiger partial charge is 0.228 e. The van der Waals surface area contributed by atoms with Gasteiger partial charge in [0.1, 0.15) is 0 Å². The van der Waals surface area contributed by atoms with Gasteiger partial charge < -0.3 is 4.90 Å². The number of carbonyl (C=O) groups excluding carboxylic acids is 1. The number of hydrogen-bond donors (Lipinski definition) is 0. The molecule has 1 aliphatic heterocycles. The van der Waals surface area contributed by atoms with Gasteiger partial charge in [-0.05, 0) is 18.8 Å². The number of nitrogens with zero attached hydrogens (tertiary/aromatic N) is 1. The van der Waals surface area contributed by atoms with Crippen LogP contribution in [0.2, 0.25) is 0 Å². The lowest BCUT2D eigenvalue weighted by atomic mass is 9.94. The second-order valence-electron chi connectivity index (χ2n) is 5.61. The lowest BCUT2D eigenvalue weighted by Crippen LogP contribution is -2.42. The Kier molecular flexibility index (Phi) is 3.23. The minimum Gasteiger partial charge on any atom is -0.339 e. The second kappa shape index (κ2) is 3.92. The molecule has 0 aromatic rings. The van der Waals surface area contributed by atoms with Gasteiger partial charge in [-0.3, -0.25) is 4.79 Å². The van der Waals surface area contributed by atoms with Crippen LogP contribution >= 0.6 is 0 Å². The van der Waals surface area contributed by atoms with Crippen molar-refractivity contribution < 1.29 is 4.79 Å². The molecule has 1 fully saturated rings. The summed E-state index contributed by atoms with van der Waals surface area (Å²) in [5.41, 5.74) is -0.225. The van der Waals surface area contributed by atoms with Crippen LogP contribution < -0.4 is 0 Å². The number of likely N-dealkylation sites (tertiary alicyclic amines) is 1. The molecular weight excluding hydrogens is 174 g/mol. The summed E-state index contributed by atoms with van der Waals surface area (Å²) in [6, 6.07) is 0.483. The van der Waals surface area contributed by atoms with Crippen LogP contribution in [0.3, 0.4) is 0 Å². The predicted molar refractivity (Wildman–Crippen MR) is 59.0 cm³/mol. The monoisotopic (exact) mass is 197 g/mol. The van der Waals surface area contributed by atoms with E-state index in [0.717, 1.165) is 13.0 Å². The maximum atomic E-state index is 12.1. The van der Waals surface area contributed by atoms with Gasteiger partial charge in [0.15, 0.2) is 0 Å². The molecule has 2 unspecified atom stereocenters. The molecule has 14 heavy (non-hydrogen) atoms. The van der Waals surface area contributed by atoms with E-state index in [1.165, 1.54) is 6.42 Å². The van der Waals surface area contributed by atoms with Gasteiger partial charge in [0, 0.05) is 18.0 Å². The normalized spacial score (nSPS) is 28.2. The van der Waals surface area contributed by atoms with E-state index in [2.05, 4.69) is 18.7 Å². The number of carbonyl (C=O) groups is 1. The van der Waals surface area contributed by atoms with Gasteiger partial charge in [-0.25, -0.2) is 0 Å². The Morgan fingerprint density at radius 3 is 2.43 bits per heavy atom. The van der Waals surface area contributed by atoms with E-state index in [-0.39, 0.29) is 5.41 Å². The Morgan fingerprint density at radius 2 is 2.00 bits per heavy atom. The fourth-order valence-electron chi connectivity index (χ4n) is 2.22. The van der Waals surface area contributed by atoms with Crippen LogP contribution in [0.1, 0.15) is 47.5 Å². The van der Waals surface area contributed by atoms with Crippen molar-refractivity contribution in [2.24, 2.45) is 11.3 Å². The van der Waals surface area contributed by atoms with E-state index < -0.39 is 0 Å². The number of hydrogen-bond acceptors (Lipinski definition) is 1. The molecule has 1 saturated heterocycles. The Labute approximate surface area is 87.7 Å². The lowest BCUT2D eigenvalue weighted by molar-refractivity contribution is -0.140. The van der Waals surface area contributed by atoms with Crippen molar-refractivity contribution in [2.75, 3.05) is 6.54 Å². The molecular formula is C12H23NO. The van der Waals surface area contributed by atoms with Crippen molar-refractivity contribution in [1.29, 1.82) is 0 Å². The van der Waals surface area contributed by atoms with Crippen LogP contribution in [-0.4, -0.2) is 23.4 Å². The van der Waals surface area contributed by atoms with Crippen molar-refractivity contribution in [3.8, 4) is 0 Å². The predicted octanol–water partition coefficient (Wildman–Crippen LogP) is 2.68. The number of amides is 1. The minimum absolute atomic E-state index is 0.225. The van der Waals surface area contributed by atoms with E-state index in [1.807, 2.05) is 20.8 Å². The molecule has 0 saturated carbocycles. The SMILES string of the molecule is CCC1CC(C)CN1C(=O)C(C)(C)C. The average Bonchev–Trinajstić information content (AvgIpc) is 2.43. The summed E-state index contributed by atoms with van der Waals surface area (Å²) in [4.78, 5) is 14.2. The second-order valence-corrected chi connectivity index (χ2v) is 5.61. The van der Waals surface area contributed by atoms with E-state index in [4.69, 9.17) is 0 Å². The fourth-order valence-corrected chi connectivity index (χ4v) is 2.22. The van der Waals surface area contributed by atoms with Gasteiger partial charge in [-0.2, -0.15) is 0 Å². The first kappa shape index (κ1) is 11.5. The largest absolute Gasteiger partial charge is 0.339 e. The third-order valence-corrected chi connectivity index (χ3v) is 3.00.